The lowest BCUT2D eigenvalue weighted by atomic mass is 10.0. The minimum Gasteiger partial charge on any atom is -0.316 e. The number of nitrogens with one attached hydrogen (secondary N) is 1. The molecule has 0 bridgehead atoms. The second kappa shape index (κ2) is 6.88. The molecule has 2 unspecified atom stereocenters. The number of thioether (sulfide) groups is 2. The molecule has 1 saturated heterocycles. The van der Waals surface area contributed by atoms with E-state index in [9.17, 15) is 0 Å². The number of rotatable bonds is 4. The second-order valence-electron chi connectivity index (χ2n) is 4.05. The number of likely N-dealkylation sites (N-methyl/N-ethyl adjacent to an activating group) is 1. The third-order valence-electron chi connectivity index (χ3n) is 2.96. The molecule has 94 valence electrons. The van der Waals surface area contributed by atoms with Crippen LogP contribution in [0.15, 0.2) is 18.5 Å². The Morgan fingerprint density at radius 1 is 1.59 bits per heavy atom. The molecule has 17 heavy (non-hydrogen) atoms. The maximum atomic E-state index is 6.16. The number of hydrogen-bond acceptors (Lipinski definition) is 4. The number of hydrogen-bond donors (Lipinski definition) is 1. The van der Waals surface area contributed by atoms with Gasteiger partial charge < -0.3 is 5.32 Å². The summed E-state index contributed by atoms with van der Waals surface area (Å²) in [5.41, 5.74) is 1.19. The van der Waals surface area contributed by atoms with E-state index in [1.807, 2.05) is 19.3 Å². The minimum atomic E-state index is 0.493. The van der Waals surface area contributed by atoms with Gasteiger partial charge in [0, 0.05) is 40.9 Å². The van der Waals surface area contributed by atoms with E-state index in [1.165, 1.54) is 22.8 Å². The highest BCUT2D eigenvalue weighted by molar-refractivity contribution is 8.06. The zero-order chi connectivity index (χ0) is 12.1. The van der Waals surface area contributed by atoms with E-state index in [0.717, 1.165) is 11.4 Å². The van der Waals surface area contributed by atoms with Crippen molar-refractivity contribution in [3.05, 3.63) is 29.0 Å². The SMILES string of the molecule is CNC(Cc1ccncc1Cl)C1CSCCS1. The van der Waals surface area contributed by atoms with Gasteiger partial charge in [-0.2, -0.15) is 23.5 Å². The molecule has 1 fully saturated rings. The summed E-state index contributed by atoms with van der Waals surface area (Å²) in [7, 11) is 2.04. The average Bonchev–Trinajstić information content (AvgIpc) is 2.39. The van der Waals surface area contributed by atoms with Crippen LogP contribution in [0.5, 0.6) is 0 Å². The topological polar surface area (TPSA) is 24.9 Å². The molecule has 1 aromatic heterocycles. The number of aromatic nitrogens is 1. The molecule has 0 aromatic carbocycles. The molecule has 0 amide bonds. The lowest BCUT2D eigenvalue weighted by molar-refractivity contribution is 0.557. The predicted molar refractivity (Wildman–Crippen MR) is 79.4 cm³/mol. The van der Waals surface area contributed by atoms with Crippen molar-refractivity contribution < 1.29 is 0 Å². The number of pyridine rings is 1. The van der Waals surface area contributed by atoms with Crippen molar-refractivity contribution in [3.8, 4) is 0 Å². The molecule has 1 aromatic rings. The molecule has 2 rings (SSSR count). The Morgan fingerprint density at radius 3 is 3.12 bits per heavy atom. The highest BCUT2D eigenvalue weighted by Crippen LogP contribution is 2.28. The second-order valence-corrected chi connectivity index (χ2v) is 6.95. The van der Waals surface area contributed by atoms with E-state index in [2.05, 4.69) is 33.8 Å². The molecule has 0 aliphatic carbocycles. The Morgan fingerprint density at radius 2 is 2.47 bits per heavy atom. The van der Waals surface area contributed by atoms with E-state index in [-0.39, 0.29) is 0 Å². The zero-order valence-electron chi connectivity index (χ0n) is 9.86. The van der Waals surface area contributed by atoms with Crippen molar-refractivity contribution in [3.63, 3.8) is 0 Å². The van der Waals surface area contributed by atoms with Crippen LogP contribution in [-0.2, 0) is 6.42 Å². The summed E-state index contributed by atoms with van der Waals surface area (Å²) >= 11 is 10.3. The fourth-order valence-corrected chi connectivity index (χ4v) is 5.09. The Kier molecular flexibility index (Phi) is 5.48. The van der Waals surface area contributed by atoms with Gasteiger partial charge in [0.05, 0.1) is 5.02 Å². The summed E-state index contributed by atoms with van der Waals surface area (Å²) in [6.45, 7) is 0. The van der Waals surface area contributed by atoms with Crippen LogP contribution in [0.2, 0.25) is 5.02 Å². The van der Waals surface area contributed by atoms with Crippen LogP contribution < -0.4 is 5.32 Å². The Hall–Kier alpha value is 0.1000. The molecule has 0 spiro atoms. The summed E-state index contributed by atoms with van der Waals surface area (Å²) < 4.78 is 0. The van der Waals surface area contributed by atoms with Crippen LogP contribution in [0.25, 0.3) is 0 Å². The molecular formula is C12H17ClN2S2. The maximum absolute atomic E-state index is 6.16. The predicted octanol–water partition coefficient (Wildman–Crippen LogP) is 2.71. The van der Waals surface area contributed by atoms with Gasteiger partial charge in [0.15, 0.2) is 0 Å². The molecule has 2 nitrogen and oxygen atoms in total. The van der Waals surface area contributed by atoms with Crippen molar-refractivity contribution >= 4 is 35.1 Å². The third-order valence-corrected chi connectivity index (χ3v) is 6.22. The minimum absolute atomic E-state index is 0.493. The monoisotopic (exact) mass is 288 g/mol. The van der Waals surface area contributed by atoms with E-state index in [1.54, 1.807) is 6.20 Å². The van der Waals surface area contributed by atoms with Crippen LogP contribution in [0.4, 0.5) is 0 Å². The van der Waals surface area contributed by atoms with Crippen molar-refractivity contribution in [1.82, 2.24) is 10.3 Å². The smallest absolute Gasteiger partial charge is 0.0621 e. The maximum Gasteiger partial charge on any atom is 0.0621 e. The van der Waals surface area contributed by atoms with Gasteiger partial charge >= 0.3 is 0 Å². The normalized spacial score (nSPS) is 22.4. The molecule has 0 saturated carbocycles. The molecule has 5 heteroatoms. The molecule has 2 atom stereocenters. The van der Waals surface area contributed by atoms with Gasteiger partial charge in [0.25, 0.3) is 0 Å². The van der Waals surface area contributed by atoms with Gasteiger partial charge in [-0.25, -0.2) is 0 Å². The summed E-state index contributed by atoms with van der Waals surface area (Å²) in [4.78, 5) is 4.03. The van der Waals surface area contributed by atoms with Crippen molar-refractivity contribution in [1.29, 1.82) is 0 Å². The molecule has 1 aliphatic heterocycles. The standard InChI is InChI=1S/C12H17ClN2S2/c1-14-11(12-8-16-4-5-17-12)6-9-2-3-15-7-10(9)13/h2-3,7,11-12,14H,4-6,8H2,1H3. The largest absolute Gasteiger partial charge is 0.316 e. The van der Waals surface area contributed by atoms with E-state index < -0.39 is 0 Å². The molecule has 0 radical (unpaired) electrons. The first-order valence-corrected chi connectivity index (χ1v) is 8.34. The van der Waals surface area contributed by atoms with Crippen LogP contribution in [-0.4, -0.2) is 40.6 Å². The summed E-state index contributed by atoms with van der Waals surface area (Å²) in [6.07, 6.45) is 4.53. The van der Waals surface area contributed by atoms with Gasteiger partial charge in [-0.15, -0.1) is 0 Å². The Balaban J connectivity index is 2.01. The highest BCUT2D eigenvalue weighted by atomic mass is 35.5. The zero-order valence-corrected chi connectivity index (χ0v) is 12.2. The van der Waals surface area contributed by atoms with Crippen LogP contribution >= 0.6 is 35.1 Å². The van der Waals surface area contributed by atoms with Gasteiger partial charge in [-0.05, 0) is 25.1 Å². The molecule has 2 heterocycles. The van der Waals surface area contributed by atoms with E-state index >= 15 is 0 Å². The lowest BCUT2D eigenvalue weighted by Crippen LogP contribution is -2.40. The van der Waals surface area contributed by atoms with Crippen molar-refractivity contribution in [2.24, 2.45) is 0 Å². The summed E-state index contributed by atoms with van der Waals surface area (Å²) in [5.74, 6) is 3.78. The van der Waals surface area contributed by atoms with Gasteiger partial charge in [0.1, 0.15) is 0 Å². The molecule has 1 N–H and O–H groups in total. The Bertz CT molecular complexity index is 356. The third kappa shape index (κ3) is 3.78. The first-order valence-electron chi connectivity index (χ1n) is 5.76. The molecule has 1 aliphatic rings. The molecular weight excluding hydrogens is 272 g/mol. The average molecular weight is 289 g/mol. The summed E-state index contributed by atoms with van der Waals surface area (Å²) in [6, 6.07) is 2.51. The Labute approximate surface area is 116 Å². The number of nitrogens with zero attached hydrogens (tertiary/aromatic N) is 1. The summed E-state index contributed by atoms with van der Waals surface area (Å²) in [5, 5.41) is 4.90. The quantitative estimate of drug-likeness (QED) is 0.921. The first-order chi connectivity index (χ1) is 8.31. The van der Waals surface area contributed by atoms with E-state index in [4.69, 9.17) is 11.6 Å². The fraction of sp³-hybridized carbons (Fsp3) is 0.583. The van der Waals surface area contributed by atoms with E-state index in [0.29, 0.717) is 11.3 Å². The van der Waals surface area contributed by atoms with Crippen LogP contribution in [0.3, 0.4) is 0 Å². The fourth-order valence-electron chi connectivity index (χ4n) is 1.96. The van der Waals surface area contributed by atoms with Crippen LogP contribution in [0.1, 0.15) is 5.56 Å². The highest BCUT2D eigenvalue weighted by Gasteiger charge is 2.24. The lowest BCUT2D eigenvalue weighted by Gasteiger charge is -2.29. The van der Waals surface area contributed by atoms with Crippen molar-refractivity contribution in [2.45, 2.75) is 17.7 Å². The number of halogens is 1. The van der Waals surface area contributed by atoms with Gasteiger partial charge in [-0.1, -0.05) is 11.6 Å². The van der Waals surface area contributed by atoms with Crippen LogP contribution in [0, 0.1) is 0 Å². The first kappa shape index (κ1) is 13.5. The van der Waals surface area contributed by atoms with Gasteiger partial charge in [0.2, 0.25) is 0 Å². The van der Waals surface area contributed by atoms with Crippen molar-refractivity contribution in [2.75, 3.05) is 24.3 Å². The van der Waals surface area contributed by atoms with Gasteiger partial charge in [-0.3, -0.25) is 4.98 Å².